The van der Waals surface area contributed by atoms with E-state index in [0.717, 1.165) is 4.47 Å². The molecule has 0 saturated heterocycles. The first kappa shape index (κ1) is 12.0. The largest absolute Gasteiger partial charge is 0.496 e. The highest BCUT2D eigenvalue weighted by Crippen LogP contribution is 2.27. The second-order valence-electron chi connectivity index (χ2n) is 2.98. The maximum absolute atomic E-state index is 11.4. The van der Waals surface area contributed by atoms with Gasteiger partial charge in [0.1, 0.15) is 11.8 Å². The molecule has 0 spiro atoms. The Morgan fingerprint density at radius 3 is 2.80 bits per heavy atom. The van der Waals surface area contributed by atoms with Gasteiger partial charge in [0.2, 0.25) is 5.91 Å². The molecule has 1 rings (SSSR count). The Bertz CT molecular complexity index is 368. The molecular weight excluding hydrogens is 260 g/mol. The summed E-state index contributed by atoms with van der Waals surface area (Å²) in [6.45, 7) is 0. The zero-order valence-electron chi connectivity index (χ0n) is 8.58. The van der Waals surface area contributed by atoms with Crippen molar-refractivity contribution in [2.45, 2.75) is 6.04 Å². The summed E-state index contributed by atoms with van der Waals surface area (Å²) in [4.78, 5) is 11.4. The molecule has 4 nitrogen and oxygen atoms in total. The zero-order chi connectivity index (χ0) is 11.4. The monoisotopic (exact) mass is 272 g/mol. The summed E-state index contributed by atoms with van der Waals surface area (Å²) in [7, 11) is 3.09. The topological polar surface area (TPSA) is 64.4 Å². The predicted molar refractivity (Wildman–Crippen MR) is 61.7 cm³/mol. The molecule has 1 unspecified atom stereocenters. The Morgan fingerprint density at radius 2 is 2.27 bits per heavy atom. The van der Waals surface area contributed by atoms with Gasteiger partial charge in [-0.15, -0.1) is 0 Å². The molecule has 5 heteroatoms. The molecule has 0 aliphatic carbocycles. The Morgan fingerprint density at radius 1 is 1.60 bits per heavy atom. The van der Waals surface area contributed by atoms with Crippen molar-refractivity contribution in [1.29, 1.82) is 0 Å². The maximum atomic E-state index is 11.4. The van der Waals surface area contributed by atoms with Crippen LogP contribution in [0.4, 0.5) is 0 Å². The van der Waals surface area contributed by atoms with E-state index in [1.165, 1.54) is 0 Å². The molecule has 0 aliphatic rings. The van der Waals surface area contributed by atoms with Gasteiger partial charge in [-0.25, -0.2) is 0 Å². The minimum atomic E-state index is -0.720. The highest BCUT2D eigenvalue weighted by molar-refractivity contribution is 9.10. The summed E-state index contributed by atoms with van der Waals surface area (Å²) in [6.07, 6.45) is 0. The minimum Gasteiger partial charge on any atom is -0.496 e. The van der Waals surface area contributed by atoms with Gasteiger partial charge in [0.25, 0.3) is 0 Å². The van der Waals surface area contributed by atoms with E-state index in [9.17, 15) is 4.79 Å². The Hall–Kier alpha value is -1.07. The van der Waals surface area contributed by atoms with Gasteiger partial charge in [-0.3, -0.25) is 4.79 Å². The fraction of sp³-hybridized carbons (Fsp3) is 0.300. The lowest BCUT2D eigenvalue weighted by Gasteiger charge is -2.14. The molecule has 0 bridgehead atoms. The first-order valence-electron chi connectivity index (χ1n) is 4.40. The number of ether oxygens (including phenoxy) is 1. The van der Waals surface area contributed by atoms with Crippen molar-refractivity contribution >= 4 is 21.8 Å². The van der Waals surface area contributed by atoms with Crippen LogP contribution in [-0.2, 0) is 4.79 Å². The molecule has 0 heterocycles. The number of nitrogens with two attached hydrogens (primary N) is 1. The normalized spacial score (nSPS) is 12.0. The van der Waals surface area contributed by atoms with Gasteiger partial charge in [-0.2, -0.15) is 0 Å². The van der Waals surface area contributed by atoms with Gasteiger partial charge in [0.05, 0.1) is 7.11 Å². The number of hydrogen-bond acceptors (Lipinski definition) is 3. The van der Waals surface area contributed by atoms with Gasteiger partial charge in [-0.05, 0) is 18.2 Å². The van der Waals surface area contributed by atoms with Gasteiger partial charge in [0, 0.05) is 17.1 Å². The second-order valence-corrected chi connectivity index (χ2v) is 3.89. The third kappa shape index (κ3) is 2.70. The van der Waals surface area contributed by atoms with Crippen LogP contribution in [0.25, 0.3) is 0 Å². The Balaban J connectivity index is 3.10. The van der Waals surface area contributed by atoms with Crippen molar-refractivity contribution in [1.82, 2.24) is 5.32 Å². The highest BCUT2D eigenvalue weighted by atomic mass is 79.9. The van der Waals surface area contributed by atoms with Crippen molar-refractivity contribution in [2.24, 2.45) is 5.73 Å². The Kier molecular flexibility index (Phi) is 4.11. The predicted octanol–water partition coefficient (Wildman–Crippen LogP) is 1.20. The molecule has 1 amide bonds. The fourth-order valence-corrected chi connectivity index (χ4v) is 1.62. The van der Waals surface area contributed by atoms with Crippen LogP contribution in [-0.4, -0.2) is 20.1 Å². The van der Waals surface area contributed by atoms with Gasteiger partial charge >= 0.3 is 0 Å². The third-order valence-electron chi connectivity index (χ3n) is 2.06. The van der Waals surface area contributed by atoms with E-state index in [0.29, 0.717) is 11.3 Å². The molecule has 82 valence electrons. The number of hydrogen-bond donors (Lipinski definition) is 2. The summed E-state index contributed by atoms with van der Waals surface area (Å²) in [5.41, 5.74) is 6.44. The number of likely N-dealkylation sites (N-methyl/N-ethyl adjacent to an activating group) is 1. The number of nitrogens with one attached hydrogen (secondary N) is 1. The van der Waals surface area contributed by atoms with E-state index in [4.69, 9.17) is 10.5 Å². The van der Waals surface area contributed by atoms with Gasteiger partial charge < -0.3 is 15.8 Å². The lowest BCUT2D eigenvalue weighted by Crippen LogP contribution is -2.31. The molecule has 0 radical (unpaired) electrons. The molecule has 1 aromatic rings. The van der Waals surface area contributed by atoms with Gasteiger partial charge in [0.15, 0.2) is 0 Å². The minimum absolute atomic E-state index is 0.244. The molecule has 0 saturated carbocycles. The molecule has 1 atom stereocenters. The second kappa shape index (κ2) is 5.14. The number of halogens is 1. The SMILES string of the molecule is CNC(=O)C(N)c1cc(Br)ccc1OC. The zero-order valence-corrected chi connectivity index (χ0v) is 10.2. The fourth-order valence-electron chi connectivity index (χ4n) is 1.24. The summed E-state index contributed by atoms with van der Waals surface area (Å²) in [6, 6.07) is 4.65. The van der Waals surface area contributed by atoms with Crippen LogP contribution in [0.15, 0.2) is 22.7 Å². The van der Waals surface area contributed by atoms with Crippen LogP contribution < -0.4 is 15.8 Å². The number of amides is 1. The molecule has 0 aliphatic heterocycles. The van der Waals surface area contributed by atoms with E-state index in [1.807, 2.05) is 6.07 Å². The van der Waals surface area contributed by atoms with Crippen LogP contribution in [0.2, 0.25) is 0 Å². The number of benzene rings is 1. The van der Waals surface area contributed by atoms with Crippen molar-refractivity contribution in [2.75, 3.05) is 14.2 Å². The number of carbonyl (C=O) groups excluding carboxylic acids is 1. The highest BCUT2D eigenvalue weighted by Gasteiger charge is 2.18. The van der Waals surface area contributed by atoms with Crippen LogP contribution in [0.3, 0.4) is 0 Å². The van der Waals surface area contributed by atoms with Crippen molar-refractivity contribution in [3.05, 3.63) is 28.2 Å². The lowest BCUT2D eigenvalue weighted by atomic mass is 10.1. The van der Waals surface area contributed by atoms with Gasteiger partial charge in [-0.1, -0.05) is 15.9 Å². The quantitative estimate of drug-likeness (QED) is 0.869. The standard InChI is InChI=1S/C10H13BrN2O2/c1-13-10(14)9(12)7-5-6(11)3-4-8(7)15-2/h3-5,9H,12H2,1-2H3,(H,13,14). The maximum Gasteiger partial charge on any atom is 0.241 e. The average molecular weight is 273 g/mol. The first-order chi connectivity index (χ1) is 7.10. The van der Waals surface area contributed by atoms with E-state index >= 15 is 0 Å². The number of rotatable bonds is 3. The smallest absolute Gasteiger partial charge is 0.241 e. The third-order valence-corrected chi connectivity index (χ3v) is 2.55. The summed E-state index contributed by atoms with van der Waals surface area (Å²) in [5, 5.41) is 2.50. The average Bonchev–Trinajstić information content (AvgIpc) is 2.27. The van der Waals surface area contributed by atoms with E-state index in [-0.39, 0.29) is 5.91 Å². The molecule has 1 aromatic carbocycles. The molecule has 0 aromatic heterocycles. The van der Waals surface area contributed by atoms with Crippen LogP contribution in [0, 0.1) is 0 Å². The van der Waals surface area contributed by atoms with Crippen LogP contribution >= 0.6 is 15.9 Å². The van der Waals surface area contributed by atoms with E-state index < -0.39 is 6.04 Å². The molecule has 3 N–H and O–H groups in total. The summed E-state index contributed by atoms with van der Waals surface area (Å²) < 4.78 is 5.99. The number of methoxy groups -OCH3 is 1. The van der Waals surface area contributed by atoms with Crippen molar-refractivity contribution in [3.8, 4) is 5.75 Å². The number of carbonyl (C=O) groups is 1. The van der Waals surface area contributed by atoms with Crippen LogP contribution in [0.5, 0.6) is 5.75 Å². The van der Waals surface area contributed by atoms with E-state index in [2.05, 4.69) is 21.2 Å². The molecular formula is C10H13BrN2O2. The van der Waals surface area contributed by atoms with Crippen molar-refractivity contribution in [3.63, 3.8) is 0 Å². The first-order valence-corrected chi connectivity index (χ1v) is 5.20. The summed E-state index contributed by atoms with van der Waals surface area (Å²) >= 11 is 3.32. The van der Waals surface area contributed by atoms with Crippen molar-refractivity contribution < 1.29 is 9.53 Å². The Labute approximate surface area is 96.9 Å². The van der Waals surface area contributed by atoms with Crippen LogP contribution in [0.1, 0.15) is 11.6 Å². The molecule has 0 fully saturated rings. The van der Waals surface area contributed by atoms with E-state index in [1.54, 1.807) is 26.3 Å². The lowest BCUT2D eigenvalue weighted by molar-refractivity contribution is -0.122. The molecule has 15 heavy (non-hydrogen) atoms. The summed E-state index contributed by atoms with van der Waals surface area (Å²) in [5.74, 6) is 0.362.